The largest absolute Gasteiger partial charge is 0.465 e. The molecule has 31 heavy (non-hydrogen) atoms. The number of aryl methyl sites for hydroxylation is 1. The average molecular weight is 446 g/mol. The molecule has 0 bridgehead atoms. The maximum atomic E-state index is 13.6. The van der Waals surface area contributed by atoms with E-state index in [1.54, 1.807) is 31.2 Å². The number of fused-ring (bicyclic) bond motifs is 3. The molecule has 0 radical (unpaired) electrons. The topological polar surface area (TPSA) is 88.1 Å². The highest BCUT2D eigenvalue weighted by Gasteiger charge is 2.29. The van der Waals surface area contributed by atoms with Gasteiger partial charge in [0.1, 0.15) is 5.82 Å². The van der Waals surface area contributed by atoms with Gasteiger partial charge in [0.15, 0.2) is 11.5 Å². The summed E-state index contributed by atoms with van der Waals surface area (Å²) >= 11 is 0. The van der Waals surface area contributed by atoms with Gasteiger partial charge in [-0.3, -0.25) is 4.18 Å². The molecule has 0 aliphatic carbocycles. The van der Waals surface area contributed by atoms with Crippen molar-refractivity contribution in [1.29, 1.82) is 0 Å². The summed E-state index contributed by atoms with van der Waals surface area (Å²) in [6, 6.07) is 9.17. The number of esters is 1. The average Bonchev–Trinajstić information content (AvgIpc) is 3.21. The van der Waals surface area contributed by atoms with Gasteiger partial charge in [0.2, 0.25) is 6.79 Å². The van der Waals surface area contributed by atoms with Gasteiger partial charge in [0.05, 0.1) is 25.5 Å². The lowest BCUT2D eigenvalue weighted by Gasteiger charge is -2.21. The third kappa shape index (κ3) is 3.82. The van der Waals surface area contributed by atoms with Crippen molar-refractivity contribution in [1.82, 2.24) is 0 Å². The first-order chi connectivity index (χ1) is 14.7. The van der Waals surface area contributed by atoms with Crippen molar-refractivity contribution >= 4 is 26.9 Å². The quantitative estimate of drug-likeness (QED) is 0.433. The Bertz CT molecular complexity index is 1300. The molecule has 1 aliphatic heterocycles. The third-order valence-electron chi connectivity index (χ3n) is 5.11. The minimum atomic E-state index is -3.82. The predicted molar refractivity (Wildman–Crippen MR) is 111 cm³/mol. The van der Waals surface area contributed by atoms with Crippen molar-refractivity contribution in [3.8, 4) is 22.6 Å². The molecule has 3 aromatic rings. The van der Waals surface area contributed by atoms with Gasteiger partial charge in [-0.15, -0.1) is 0 Å². The first kappa shape index (κ1) is 21.1. The maximum Gasteiger partial charge on any atom is 0.338 e. The van der Waals surface area contributed by atoms with Gasteiger partial charge in [-0.05, 0) is 47.2 Å². The lowest BCUT2D eigenvalue weighted by atomic mass is 9.86. The summed E-state index contributed by atoms with van der Waals surface area (Å²) in [7, 11) is -2.58. The van der Waals surface area contributed by atoms with Crippen molar-refractivity contribution in [3.05, 3.63) is 58.9 Å². The highest BCUT2D eigenvalue weighted by molar-refractivity contribution is 7.85. The van der Waals surface area contributed by atoms with Gasteiger partial charge in [-0.25, -0.2) is 9.18 Å². The number of hydrogen-bond donors (Lipinski definition) is 0. The number of halogens is 1. The normalized spacial score (nSPS) is 12.9. The minimum absolute atomic E-state index is 0.0181. The first-order valence-electron chi connectivity index (χ1n) is 9.27. The summed E-state index contributed by atoms with van der Waals surface area (Å²) in [5, 5.41) is 1.30. The smallest absolute Gasteiger partial charge is 0.338 e. The fourth-order valence-corrected chi connectivity index (χ4v) is 4.13. The number of carbonyl (C=O) groups excluding carboxylic acids is 1. The summed E-state index contributed by atoms with van der Waals surface area (Å²) in [6.07, 6.45) is 0.922. The Morgan fingerprint density at radius 2 is 1.84 bits per heavy atom. The fourth-order valence-electron chi connectivity index (χ4n) is 3.79. The molecule has 7 nitrogen and oxygen atoms in total. The molecule has 3 aromatic carbocycles. The van der Waals surface area contributed by atoms with Crippen molar-refractivity contribution in [2.75, 3.05) is 20.2 Å². The number of carbonyl (C=O) groups is 1. The van der Waals surface area contributed by atoms with Gasteiger partial charge in [0, 0.05) is 10.9 Å². The Kier molecular flexibility index (Phi) is 5.32. The van der Waals surface area contributed by atoms with Crippen LogP contribution in [0.5, 0.6) is 11.5 Å². The highest BCUT2D eigenvalue weighted by Crippen LogP contribution is 2.47. The number of methoxy groups -OCH3 is 1. The molecule has 162 valence electrons. The Labute approximate surface area is 178 Å². The van der Waals surface area contributed by atoms with Crippen molar-refractivity contribution < 1.29 is 36.0 Å². The van der Waals surface area contributed by atoms with Crippen LogP contribution in [0.1, 0.15) is 21.5 Å². The molecule has 0 unspecified atom stereocenters. The SMILES string of the molecule is COC(=O)c1c(COS(C)(=O)=O)c(-c2ccc(F)cc2)c2c3c(ccc2c1C)OCO3. The van der Waals surface area contributed by atoms with E-state index < -0.39 is 28.5 Å². The van der Waals surface area contributed by atoms with Crippen molar-refractivity contribution in [3.63, 3.8) is 0 Å². The molecule has 0 atom stereocenters. The Morgan fingerprint density at radius 1 is 1.13 bits per heavy atom. The molecule has 1 heterocycles. The van der Waals surface area contributed by atoms with Crippen LogP contribution in [0.25, 0.3) is 21.9 Å². The zero-order valence-electron chi connectivity index (χ0n) is 17.0. The van der Waals surface area contributed by atoms with Crippen LogP contribution in [-0.4, -0.2) is 34.5 Å². The zero-order chi connectivity index (χ0) is 22.3. The molecule has 0 aromatic heterocycles. The van der Waals surface area contributed by atoms with Gasteiger partial charge in [-0.1, -0.05) is 18.2 Å². The van der Waals surface area contributed by atoms with Crippen LogP contribution in [0.2, 0.25) is 0 Å². The van der Waals surface area contributed by atoms with E-state index in [0.29, 0.717) is 39.0 Å². The minimum Gasteiger partial charge on any atom is -0.465 e. The molecule has 0 spiro atoms. The van der Waals surface area contributed by atoms with Crippen LogP contribution in [-0.2, 0) is 25.6 Å². The second-order valence-electron chi connectivity index (χ2n) is 7.04. The fraction of sp³-hybridized carbons (Fsp3) is 0.227. The standard InChI is InChI=1S/C22H19FO7S/c1-12-15-8-9-17-21(29-11-28-17)20(15)19(13-4-6-14(23)7-5-13)16(10-30-31(3,25)26)18(12)22(24)27-2/h4-9H,10-11H2,1-3H3. The van der Waals surface area contributed by atoms with Gasteiger partial charge in [-0.2, -0.15) is 8.42 Å². The molecular formula is C22H19FO7S. The van der Waals surface area contributed by atoms with Gasteiger partial charge < -0.3 is 14.2 Å². The Balaban J connectivity index is 2.16. The number of benzene rings is 3. The van der Waals surface area contributed by atoms with Crippen LogP contribution in [0, 0.1) is 12.7 Å². The first-order valence-corrected chi connectivity index (χ1v) is 11.1. The lowest BCUT2D eigenvalue weighted by molar-refractivity contribution is 0.0597. The number of ether oxygens (including phenoxy) is 3. The number of hydrogen-bond acceptors (Lipinski definition) is 7. The van der Waals surface area contributed by atoms with Crippen LogP contribution in [0.3, 0.4) is 0 Å². The van der Waals surface area contributed by atoms with E-state index in [1.165, 1.54) is 19.2 Å². The van der Waals surface area contributed by atoms with Crippen LogP contribution < -0.4 is 9.47 Å². The second kappa shape index (κ2) is 7.82. The molecular weight excluding hydrogens is 427 g/mol. The van der Waals surface area contributed by atoms with Gasteiger partial charge in [0.25, 0.3) is 10.1 Å². The van der Waals surface area contributed by atoms with Crippen molar-refractivity contribution in [2.45, 2.75) is 13.5 Å². The van der Waals surface area contributed by atoms with Crippen molar-refractivity contribution in [2.24, 2.45) is 0 Å². The van der Waals surface area contributed by atoms with E-state index in [0.717, 1.165) is 6.26 Å². The summed E-state index contributed by atoms with van der Waals surface area (Å²) in [5.41, 5.74) is 2.06. The van der Waals surface area contributed by atoms with Crippen LogP contribution in [0.4, 0.5) is 4.39 Å². The summed E-state index contributed by atoms with van der Waals surface area (Å²) < 4.78 is 58.4. The summed E-state index contributed by atoms with van der Waals surface area (Å²) in [6.45, 7) is 1.33. The molecule has 4 rings (SSSR count). The summed E-state index contributed by atoms with van der Waals surface area (Å²) in [5.74, 6) is -0.118. The Hall–Kier alpha value is -3.17. The molecule has 9 heteroatoms. The van der Waals surface area contributed by atoms with Crippen LogP contribution in [0.15, 0.2) is 36.4 Å². The lowest BCUT2D eigenvalue weighted by Crippen LogP contribution is -2.13. The second-order valence-corrected chi connectivity index (χ2v) is 8.68. The number of rotatable bonds is 5. The highest BCUT2D eigenvalue weighted by atomic mass is 32.2. The summed E-state index contributed by atoms with van der Waals surface area (Å²) in [4.78, 5) is 12.8. The third-order valence-corrected chi connectivity index (χ3v) is 5.66. The molecule has 0 saturated heterocycles. The Morgan fingerprint density at radius 3 is 2.48 bits per heavy atom. The van der Waals surface area contributed by atoms with E-state index in [9.17, 15) is 17.6 Å². The van der Waals surface area contributed by atoms with E-state index in [1.807, 2.05) is 0 Å². The molecule has 0 fully saturated rings. The van der Waals surface area contributed by atoms with Gasteiger partial charge >= 0.3 is 5.97 Å². The predicted octanol–water partition coefficient (Wildman–Crippen LogP) is 3.95. The molecule has 0 amide bonds. The van der Waals surface area contributed by atoms with E-state index >= 15 is 0 Å². The maximum absolute atomic E-state index is 13.6. The van der Waals surface area contributed by atoms with E-state index in [-0.39, 0.29) is 17.9 Å². The van der Waals surface area contributed by atoms with E-state index in [2.05, 4.69) is 0 Å². The van der Waals surface area contributed by atoms with E-state index in [4.69, 9.17) is 18.4 Å². The molecule has 1 aliphatic rings. The molecule has 0 saturated carbocycles. The monoisotopic (exact) mass is 446 g/mol. The van der Waals surface area contributed by atoms with Crippen LogP contribution >= 0.6 is 0 Å². The molecule has 0 N–H and O–H groups in total. The zero-order valence-corrected chi connectivity index (χ0v) is 17.8.